The number of aromatic nitrogens is 1. The number of fused-ring (bicyclic) bond motifs is 1. The van der Waals surface area contributed by atoms with E-state index in [-0.39, 0.29) is 17.3 Å². The molecule has 1 aromatic heterocycles. The van der Waals surface area contributed by atoms with Crippen molar-refractivity contribution in [3.05, 3.63) is 71.7 Å². The Kier molecular flexibility index (Phi) is 5.17. The van der Waals surface area contributed by atoms with Gasteiger partial charge in [0, 0.05) is 23.6 Å². The van der Waals surface area contributed by atoms with Crippen LogP contribution in [0.2, 0.25) is 0 Å². The molecule has 0 spiro atoms. The van der Waals surface area contributed by atoms with E-state index in [0.717, 1.165) is 16.5 Å². The number of hydrogen-bond donors (Lipinski definition) is 2. The lowest BCUT2D eigenvalue weighted by Crippen LogP contribution is -2.33. The van der Waals surface area contributed by atoms with Crippen LogP contribution >= 0.6 is 0 Å². The monoisotopic (exact) mass is 354 g/mol. The molecule has 2 unspecified atom stereocenters. The van der Waals surface area contributed by atoms with Gasteiger partial charge < -0.3 is 15.0 Å². The molecule has 0 aliphatic rings. The Hall–Kier alpha value is -2.17. The molecule has 138 valence electrons. The van der Waals surface area contributed by atoms with Gasteiger partial charge in [0.2, 0.25) is 0 Å². The van der Waals surface area contributed by atoms with E-state index in [4.69, 9.17) is 0 Å². The Labute approximate surface area is 154 Å². The predicted octanol–water partition coefficient (Wildman–Crippen LogP) is 4.25. The third kappa shape index (κ3) is 3.53. The molecule has 0 radical (unpaired) electrons. The maximum absolute atomic E-state index is 13.9. The van der Waals surface area contributed by atoms with Gasteiger partial charge in [-0.2, -0.15) is 0 Å². The second-order valence-electron chi connectivity index (χ2n) is 7.84. The minimum atomic E-state index is -0.689. The Bertz CT molecular complexity index is 895. The molecule has 2 N–H and O–H groups in total. The van der Waals surface area contributed by atoms with Gasteiger partial charge in [0.15, 0.2) is 0 Å². The average molecular weight is 354 g/mol. The highest BCUT2D eigenvalue weighted by Gasteiger charge is 2.28. The summed E-state index contributed by atoms with van der Waals surface area (Å²) in [4.78, 5) is 0. The van der Waals surface area contributed by atoms with Crippen LogP contribution in [0, 0.1) is 5.82 Å². The van der Waals surface area contributed by atoms with E-state index in [2.05, 4.69) is 49.0 Å². The van der Waals surface area contributed by atoms with Gasteiger partial charge >= 0.3 is 0 Å². The van der Waals surface area contributed by atoms with Crippen molar-refractivity contribution in [2.45, 2.75) is 38.3 Å². The van der Waals surface area contributed by atoms with E-state index < -0.39 is 6.10 Å². The molecule has 0 fully saturated rings. The highest BCUT2D eigenvalue weighted by Crippen LogP contribution is 2.36. The standard InChI is InChI=1S/C22H27FN2O/c1-22(2,3)18-14-25(19-11-6-5-10-17(18)19)21(20(26)13-24-4)15-8-7-9-16(23)12-15/h5-12,14,20-21,24,26H,13H2,1-4H3. The number of aliphatic hydroxyl groups excluding tert-OH is 1. The van der Waals surface area contributed by atoms with Crippen molar-refractivity contribution in [1.29, 1.82) is 0 Å². The van der Waals surface area contributed by atoms with Crippen LogP contribution in [0.3, 0.4) is 0 Å². The van der Waals surface area contributed by atoms with Crippen LogP contribution in [0.5, 0.6) is 0 Å². The SMILES string of the molecule is CNCC(O)C(c1cccc(F)c1)n1cc(C(C)(C)C)c2ccccc21. The first-order valence-electron chi connectivity index (χ1n) is 9.01. The van der Waals surface area contributed by atoms with Crippen molar-refractivity contribution >= 4 is 10.9 Å². The maximum Gasteiger partial charge on any atom is 0.123 e. The Balaban J connectivity index is 2.24. The third-order valence-corrected chi connectivity index (χ3v) is 4.82. The Morgan fingerprint density at radius 2 is 1.85 bits per heavy atom. The molecule has 0 aliphatic heterocycles. The van der Waals surface area contributed by atoms with Crippen LogP contribution in [0.1, 0.15) is 37.9 Å². The summed E-state index contributed by atoms with van der Waals surface area (Å²) in [6.07, 6.45) is 1.42. The van der Waals surface area contributed by atoms with E-state index in [1.165, 1.54) is 17.7 Å². The first-order chi connectivity index (χ1) is 12.3. The normalized spacial score (nSPS) is 14.5. The van der Waals surface area contributed by atoms with Gasteiger partial charge in [-0.25, -0.2) is 4.39 Å². The molecule has 0 amide bonds. The van der Waals surface area contributed by atoms with E-state index >= 15 is 0 Å². The van der Waals surface area contributed by atoms with Crippen LogP contribution < -0.4 is 5.32 Å². The molecule has 0 saturated heterocycles. The van der Waals surface area contributed by atoms with Crippen molar-refractivity contribution in [1.82, 2.24) is 9.88 Å². The van der Waals surface area contributed by atoms with Crippen LogP contribution in [0.15, 0.2) is 54.7 Å². The molecule has 2 aromatic carbocycles. The zero-order valence-electron chi connectivity index (χ0n) is 15.8. The topological polar surface area (TPSA) is 37.2 Å². The first-order valence-corrected chi connectivity index (χ1v) is 9.01. The lowest BCUT2D eigenvalue weighted by atomic mass is 9.87. The third-order valence-electron chi connectivity index (χ3n) is 4.82. The number of hydrogen-bond acceptors (Lipinski definition) is 2. The summed E-state index contributed by atoms with van der Waals surface area (Å²) in [5, 5.41) is 15.1. The number of nitrogens with one attached hydrogen (secondary N) is 1. The van der Waals surface area contributed by atoms with Crippen molar-refractivity contribution < 1.29 is 9.50 Å². The van der Waals surface area contributed by atoms with Crippen LogP contribution in [0.4, 0.5) is 4.39 Å². The fraction of sp³-hybridized carbons (Fsp3) is 0.364. The van der Waals surface area contributed by atoms with Crippen molar-refractivity contribution in [2.75, 3.05) is 13.6 Å². The van der Waals surface area contributed by atoms with E-state index in [1.54, 1.807) is 13.1 Å². The van der Waals surface area contributed by atoms with Gasteiger partial charge in [-0.15, -0.1) is 0 Å². The fourth-order valence-corrected chi connectivity index (χ4v) is 3.61. The summed E-state index contributed by atoms with van der Waals surface area (Å²) in [6, 6.07) is 14.3. The number of nitrogens with zero attached hydrogens (tertiary/aromatic N) is 1. The maximum atomic E-state index is 13.9. The lowest BCUT2D eigenvalue weighted by Gasteiger charge is -2.26. The number of para-hydroxylation sites is 1. The summed E-state index contributed by atoms with van der Waals surface area (Å²) in [6.45, 7) is 6.96. The highest BCUT2D eigenvalue weighted by molar-refractivity contribution is 5.85. The quantitative estimate of drug-likeness (QED) is 0.719. The second-order valence-corrected chi connectivity index (χ2v) is 7.84. The molecule has 4 heteroatoms. The van der Waals surface area contributed by atoms with Gasteiger partial charge in [-0.3, -0.25) is 0 Å². The number of benzene rings is 2. The van der Waals surface area contributed by atoms with E-state index in [9.17, 15) is 9.50 Å². The molecule has 3 nitrogen and oxygen atoms in total. The molecule has 0 bridgehead atoms. The number of halogens is 1. The summed E-state index contributed by atoms with van der Waals surface area (Å²) in [7, 11) is 1.81. The molecule has 2 atom stereocenters. The largest absolute Gasteiger partial charge is 0.389 e. The van der Waals surface area contributed by atoms with Gasteiger partial charge in [-0.05, 0) is 41.8 Å². The first kappa shape index (κ1) is 18.6. The molecule has 3 rings (SSSR count). The fourth-order valence-electron chi connectivity index (χ4n) is 3.61. The number of likely N-dealkylation sites (N-methyl/N-ethyl adjacent to an activating group) is 1. The lowest BCUT2D eigenvalue weighted by molar-refractivity contribution is 0.132. The van der Waals surface area contributed by atoms with Gasteiger partial charge in [0.1, 0.15) is 5.82 Å². The molecule has 26 heavy (non-hydrogen) atoms. The smallest absolute Gasteiger partial charge is 0.123 e. The Morgan fingerprint density at radius 1 is 1.12 bits per heavy atom. The van der Waals surface area contributed by atoms with E-state index in [1.807, 2.05) is 18.2 Å². The van der Waals surface area contributed by atoms with Crippen LogP contribution in [0.25, 0.3) is 10.9 Å². The molecular weight excluding hydrogens is 327 g/mol. The molecular formula is C22H27FN2O. The molecule has 1 heterocycles. The number of rotatable bonds is 5. The summed E-state index contributed by atoms with van der Waals surface area (Å²) in [5.41, 5.74) is 2.98. The minimum absolute atomic E-state index is 0.0364. The molecule has 0 aliphatic carbocycles. The van der Waals surface area contributed by atoms with Crippen LogP contribution in [-0.2, 0) is 5.41 Å². The highest BCUT2D eigenvalue weighted by atomic mass is 19.1. The molecule has 3 aromatic rings. The van der Waals surface area contributed by atoms with Crippen LogP contribution in [-0.4, -0.2) is 29.4 Å². The summed E-state index contributed by atoms with van der Waals surface area (Å²) >= 11 is 0. The number of aliphatic hydroxyl groups is 1. The predicted molar refractivity (Wildman–Crippen MR) is 105 cm³/mol. The summed E-state index contributed by atoms with van der Waals surface area (Å²) in [5.74, 6) is -0.295. The van der Waals surface area contributed by atoms with Gasteiger partial charge in [-0.1, -0.05) is 51.1 Å². The summed E-state index contributed by atoms with van der Waals surface area (Å²) < 4.78 is 16.0. The zero-order chi connectivity index (χ0) is 18.9. The minimum Gasteiger partial charge on any atom is -0.389 e. The van der Waals surface area contributed by atoms with Crippen molar-refractivity contribution in [3.8, 4) is 0 Å². The van der Waals surface area contributed by atoms with Crippen molar-refractivity contribution in [3.63, 3.8) is 0 Å². The van der Waals surface area contributed by atoms with E-state index in [0.29, 0.717) is 6.54 Å². The van der Waals surface area contributed by atoms with Gasteiger partial charge in [0.05, 0.1) is 12.1 Å². The molecule has 0 saturated carbocycles. The van der Waals surface area contributed by atoms with Gasteiger partial charge in [0.25, 0.3) is 0 Å². The average Bonchev–Trinajstić information content (AvgIpc) is 2.95. The zero-order valence-corrected chi connectivity index (χ0v) is 15.8. The second kappa shape index (κ2) is 7.22. The Morgan fingerprint density at radius 3 is 2.50 bits per heavy atom. The van der Waals surface area contributed by atoms with Crippen molar-refractivity contribution in [2.24, 2.45) is 0 Å².